The van der Waals surface area contributed by atoms with Crippen LogP contribution < -0.4 is 11.2 Å². The third-order valence-corrected chi connectivity index (χ3v) is 7.73. The zero-order valence-electron chi connectivity index (χ0n) is 25.5. The first-order valence-corrected chi connectivity index (χ1v) is 15.1. The van der Waals surface area contributed by atoms with Gasteiger partial charge in [-0.1, -0.05) is 84.9 Å². The Kier molecular flexibility index (Phi) is 9.68. The van der Waals surface area contributed by atoms with Crippen LogP contribution in [-0.2, 0) is 25.5 Å². The third kappa shape index (κ3) is 7.16. The van der Waals surface area contributed by atoms with Gasteiger partial charge < -0.3 is 18.9 Å². The van der Waals surface area contributed by atoms with Gasteiger partial charge in [-0.05, 0) is 42.0 Å². The number of aromatic nitrogens is 2. The summed E-state index contributed by atoms with van der Waals surface area (Å²) in [7, 11) is 0. The molecule has 0 spiro atoms. The molecular weight excluding hydrogens is 616 g/mol. The maximum atomic E-state index is 13.9. The molecule has 1 saturated heterocycles. The highest BCUT2D eigenvalue weighted by Gasteiger charge is 2.51. The molecule has 1 aromatic heterocycles. The van der Waals surface area contributed by atoms with Crippen LogP contribution in [0.4, 0.5) is 0 Å². The molecule has 6 rings (SSSR count). The second-order valence-electron chi connectivity index (χ2n) is 10.9. The highest BCUT2D eigenvalue weighted by Crippen LogP contribution is 2.34. The molecule has 1 fully saturated rings. The van der Waals surface area contributed by atoms with Crippen LogP contribution in [0.25, 0.3) is 0 Å². The molecule has 11 heteroatoms. The number of carbonyl (C=O) groups excluding carboxylic acids is 3. The van der Waals surface area contributed by atoms with Gasteiger partial charge in [-0.3, -0.25) is 13.9 Å². The predicted molar refractivity (Wildman–Crippen MR) is 172 cm³/mol. The van der Waals surface area contributed by atoms with Gasteiger partial charge in [-0.2, -0.15) is 0 Å². The van der Waals surface area contributed by atoms with Gasteiger partial charge in [-0.15, -0.1) is 0 Å². The van der Waals surface area contributed by atoms with Gasteiger partial charge in [0.15, 0.2) is 18.4 Å². The van der Waals surface area contributed by atoms with Crippen molar-refractivity contribution in [3.05, 3.63) is 177 Å². The Morgan fingerprint density at radius 2 is 1.08 bits per heavy atom. The second-order valence-corrected chi connectivity index (χ2v) is 10.9. The summed E-state index contributed by atoms with van der Waals surface area (Å²) in [4.78, 5) is 66.5. The normalized spacial score (nSPS) is 18.5. The van der Waals surface area contributed by atoms with E-state index in [1.807, 2.05) is 6.07 Å². The first kappa shape index (κ1) is 31.9. The highest BCUT2D eigenvalue weighted by atomic mass is 16.7. The molecule has 0 N–H and O–H groups in total. The van der Waals surface area contributed by atoms with Crippen molar-refractivity contribution in [2.45, 2.75) is 31.1 Å². The van der Waals surface area contributed by atoms with Crippen molar-refractivity contribution >= 4 is 17.9 Å². The van der Waals surface area contributed by atoms with Gasteiger partial charge in [0.25, 0.3) is 5.56 Å². The van der Waals surface area contributed by atoms with Crippen molar-refractivity contribution < 1.29 is 33.3 Å². The summed E-state index contributed by atoms with van der Waals surface area (Å²) in [5.41, 5.74) is 0.0753. The first-order valence-electron chi connectivity index (χ1n) is 15.1. The number of esters is 3. The summed E-state index contributed by atoms with van der Waals surface area (Å²) in [5, 5.41) is 0. The molecule has 0 bridgehead atoms. The molecule has 242 valence electrons. The van der Waals surface area contributed by atoms with E-state index in [-0.39, 0.29) is 23.2 Å². The molecule has 2 heterocycles. The lowest BCUT2D eigenvalue weighted by atomic mass is 10.1. The number of ether oxygens (including phenoxy) is 4. The SMILES string of the molecule is O=C(OC[C@H]1O[C@@H](n2ccc(=O)n(Cc3ccccc3)c2=O)[C@H](OC(=O)c2ccccc2)[C@@H]1OC(=O)c1ccccc1)c1ccccc1. The molecule has 5 aromatic rings. The van der Waals surface area contributed by atoms with Crippen LogP contribution in [0.15, 0.2) is 143 Å². The fraction of sp³-hybridized carbons (Fsp3) is 0.162. The van der Waals surface area contributed by atoms with Crippen LogP contribution in [0.5, 0.6) is 0 Å². The minimum atomic E-state index is -1.41. The Balaban J connectivity index is 1.39. The molecule has 11 nitrogen and oxygen atoms in total. The highest BCUT2D eigenvalue weighted by molar-refractivity contribution is 5.91. The monoisotopic (exact) mass is 646 g/mol. The molecule has 4 atom stereocenters. The number of carbonyl (C=O) groups is 3. The largest absolute Gasteiger partial charge is 0.459 e. The average Bonchev–Trinajstić information content (AvgIpc) is 3.46. The van der Waals surface area contributed by atoms with Crippen molar-refractivity contribution in [3.63, 3.8) is 0 Å². The van der Waals surface area contributed by atoms with E-state index in [1.54, 1.807) is 115 Å². The topological polar surface area (TPSA) is 132 Å². The van der Waals surface area contributed by atoms with E-state index in [0.717, 1.165) is 9.13 Å². The second kappa shape index (κ2) is 14.6. The maximum Gasteiger partial charge on any atom is 0.338 e. The van der Waals surface area contributed by atoms with Gasteiger partial charge in [0.05, 0.1) is 23.2 Å². The third-order valence-electron chi connectivity index (χ3n) is 7.73. The lowest BCUT2D eigenvalue weighted by Gasteiger charge is -2.25. The van der Waals surface area contributed by atoms with E-state index in [0.29, 0.717) is 5.56 Å². The van der Waals surface area contributed by atoms with Crippen molar-refractivity contribution in [3.8, 4) is 0 Å². The summed E-state index contributed by atoms with van der Waals surface area (Å²) < 4.78 is 25.8. The smallest absolute Gasteiger partial charge is 0.338 e. The zero-order chi connectivity index (χ0) is 33.5. The van der Waals surface area contributed by atoms with E-state index < -0.39 is 60.3 Å². The minimum absolute atomic E-state index is 0.0366. The summed E-state index contributed by atoms with van der Waals surface area (Å²) in [6, 6.07) is 34.7. The first-order chi connectivity index (χ1) is 23.4. The van der Waals surface area contributed by atoms with Crippen LogP contribution >= 0.6 is 0 Å². The lowest BCUT2D eigenvalue weighted by molar-refractivity contribution is -0.0644. The van der Waals surface area contributed by atoms with Crippen LogP contribution in [0.1, 0.15) is 42.9 Å². The van der Waals surface area contributed by atoms with E-state index in [2.05, 4.69) is 0 Å². The van der Waals surface area contributed by atoms with Crippen molar-refractivity contribution in [1.29, 1.82) is 0 Å². The zero-order valence-corrected chi connectivity index (χ0v) is 25.5. The molecule has 1 aliphatic heterocycles. The Hall–Kier alpha value is -6.07. The molecule has 1 aliphatic rings. The maximum absolute atomic E-state index is 13.9. The van der Waals surface area contributed by atoms with Crippen molar-refractivity contribution in [1.82, 2.24) is 9.13 Å². The summed E-state index contributed by atoms with van der Waals surface area (Å²) >= 11 is 0. The van der Waals surface area contributed by atoms with Crippen LogP contribution in [-0.4, -0.2) is 52.0 Å². The van der Waals surface area contributed by atoms with Crippen LogP contribution in [0.3, 0.4) is 0 Å². The van der Waals surface area contributed by atoms with E-state index in [9.17, 15) is 24.0 Å². The van der Waals surface area contributed by atoms with Crippen molar-refractivity contribution in [2.75, 3.05) is 6.61 Å². The summed E-state index contributed by atoms with van der Waals surface area (Å²) in [5.74, 6) is -2.20. The summed E-state index contributed by atoms with van der Waals surface area (Å²) in [6.07, 6.45) is -4.10. The Bertz CT molecular complexity index is 2000. The van der Waals surface area contributed by atoms with Gasteiger partial charge in [0.1, 0.15) is 12.7 Å². The van der Waals surface area contributed by atoms with Gasteiger partial charge in [-0.25, -0.2) is 19.2 Å². The van der Waals surface area contributed by atoms with Gasteiger partial charge >= 0.3 is 23.6 Å². The molecule has 0 unspecified atom stereocenters. The van der Waals surface area contributed by atoms with Gasteiger partial charge in [0, 0.05) is 12.3 Å². The van der Waals surface area contributed by atoms with Crippen molar-refractivity contribution in [2.24, 2.45) is 0 Å². The number of hydrogen-bond donors (Lipinski definition) is 0. The molecule has 0 aliphatic carbocycles. The van der Waals surface area contributed by atoms with Gasteiger partial charge in [0.2, 0.25) is 0 Å². The van der Waals surface area contributed by atoms with E-state index in [1.165, 1.54) is 12.3 Å². The Morgan fingerprint density at radius 3 is 1.62 bits per heavy atom. The fourth-order valence-corrected chi connectivity index (χ4v) is 5.32. The van der Waals surface area contributed by atoms with E-state index >= 15 is 0 Å². The molecule has 0 radical (unpaired) electrons. The van der Waals surface area contributed by atoms with Crippen LogP contribution in [0, 0.1) is 0 Å². The number of nitrogens with zero attached hydrogens (tertiary/aromatic N) is 2. The molecule has 0 amide bonds. The van der Waals surface area contributed by atoms with Crippen LogP contribution in [0.2, 0.25) is 0 Å². The predicted octanol–water partition coefficient (Wildman–Crippen LogP) is 4.26. The van der Waals surface area contributed by atoms with E-state index in [4.69, 9.17) is 18.9 Å². The Labute approximate surface area is 274 Å². The molecule has 48 heavy (non-hydrogen) atoms. The summed E-state index contributed by atoms with van der Waals surface area (Å²) in [6.45, 7) is -0.459. The minimum Gasteiger partial charge on any atom is -0.459 e. The number of hydrogen-bond acceptors (Lipinski definition) is 9. The standard InChI is InChI=1S/C37H30N2O9/c40-30-21-22-38(37(44)39(30)23-25-13-5-1-6-14-25)33-32(48-36(43)28-19-11-4-12-20-28)31(47-35(42)27-17-9-3-10-18-27)29(46-33)24-45-34(41)26-15-7-2-8-16-26/h1-22,29,31-33H,23-24H2/t29-,31-,32-,33-/m1/s1. The molecule has 4 aromatic carbocycles. The number of benzene rings is 4. The lowest BCUT2D eigenvalue weighted by Crippen LogP contribution is -2.45. The molecular formula is C37H30N2O9. The molecule has 0 saturated carbocycles. The Morgan fingerprint density at radius 1 is 0.604 bits per heavy atom. The fourth-order valence-electron chi connectivity index (χ4n) is 5.32. The quantitative estimate of drug-likeness (QED) is 0.161. The number of rotatable bonds is 10. The average molecular weight is 647 g/mol.